The van der Waals surface area contributed by atoms with Crippen molar-refractivity contribution < 1.29 is 38.7 Å². The van der Waals surface area contributed by atoms with Crippen LogP contribution in [-0.4, -0.2) is 49.0 Å². The highest BCUT2D eigenvalue weighted by molar-refractivity contribution is 5.88. The van der Waals surface area contributed by atoms with Crippen LogP contribution in [0.2, 0.25) is 0 Å². The molecule has 1 unspecified atom stereocenters. The first-order chi connectivity index (χ1) is 25.2. The van der Waals surface area contributed by atoms with Crippen LogP contribution in [0.1, 0.15) is 94.2 Å². The van der Waals surface area contributed by atoms with Crippen molar-refractivity contribution >= 4 is 11.9 Å². The van der Waals surface area contributed by atoms with Crippen LogP contribution in [0.5, 0.6) is 11.5 Å². The highest BCUT2D eigenvalue weighted by Crippen LogP contribution is 2.38. The molecule has 4 rings (SSSR count). The third kappa shape index (κ3) is 12.7. The molecule has 0 saturated heterocycles. The van der Waals surface area contributed by atoms with Gasteiger partial charge in [0, 0.05) is 42.8 Å². The lowest BCUT2D eigenvalue weighted by Gasteiger charge is -2.29. The number of rotatable bonds is 21. The van der Waals surface area contributed by atoms with Crippen molar-refractivity contribution in [1.82, 2.24) is 0 Å². The zero-order chi connectivity index (χ0) is 37.3. The SMILES string of the molecule is C=C(CCO)C(=O)OCOc1cc(CCc2ccc(-c3ccc(C4CCC(CCCCC)CC4)cc3)cc2)cc(OCOC(=O)C(=C)C(C)CO)c1. The van der Waals surface area contributed by atoms with Crippen LogP contribution in [-0.2, 0) is 31.9 Å². The summed E-state index contributed by atoms with van der Waals surface area (Å²) in [5.41, 5.74) is 6.24. The van der Waals surface area contributed by atoms with Gasteiger partial charge < -0.3 is 29.2 Å². The van der Waals surface area contributed by atoms with Crippen molar-refractivity contribution in [3.8, 4) is 22.6 Å². The summed E-state index contributed by atoms with van der Waals surface area (Å²) in [7, 11) is 0. The summed E-state index contributed by atoms with van der Waals surface area (Å²) >= 11 is 0. The highest BCUT2D eigenvalue weighted by Gasteiger charge is 2.22. The second-order valence-electron chi connectivity index (χ2n) is 13.9. The molecule has 0 heterocycles. The van der Waals surface area contributed by atoms with Gasteiger partial charge in [0.25, 0.3) is 0 Å². The van der Waals surface area contributed by atoms with Gasteiger partial charge in [-0.15, -0.1) is 0 Å². The molecule has 280 valence electrons. The van der Waals surface area contributed by atoms with E-state index < -0.39 is 17.9 Å². The van der Waals surface area contributed by atoms with Crippen LogP contribution in [0.15, 0.2) is 91.0 Å². The fourth-order valence-corrected chi connectivity index (χ4v) is 6.55. The Morgan fingerprint density at radius 1 is 0.769 bits per heavy atom. The Hall–Kier alpha value is -4.40. The van der Waals surface area contributed by atoms with Gasteiger partial charge >= 0.3 is 11.9 Å². The molecule has 8 nitrogen and oxygen atoms in total. The Balaban J connectivity index is 1.34. The molecule has 1 aliphatic rings. The zero-order valence-corrected chi connectivity index (χ0v) is 30.9. The van der Waals surface area contributed by atoms with Crippen LogP contribution in [0, 0.1) is 11.8 Å². The van der Waals surface area contributed by atoms with Gasteiger partial charge in [-0.2, -0.15) is 0 Å². The predicted octanol–water partition coefficient (Wildman–Crippen LogP) is 8.88. The number of unbranched alkanes of at least 4 members (excludes halogenated alkanes) is 2. The summed E-state index contributed by atoms with van der Waals surface area (Å²) < 4.78 is 21.8. The molecule has 1 saturated carbocycles. The molecule has 3 aromatic carbocycles. The zero-order valence-electron chi connectivity index (χ0n) is 30.9. The van der Waals surface area contributed by atoms with E-state index in [0.29, 0.717) is 23.8 Å². The van der Waals surface area contributed by atoms with Gasteiger partial charge in [-0.3, -0.25) is 0 Å². The number of carbonyl (C=O) groups excluding carboxylic acids is 2. The molecular weight excluding hydrogens is 656 g/mol. The number of aliphatic hydroxyl groups is 2. The molecule has 0 radical (unpaired) electrons. The summed E-state index contributed by atoms with van der Waals surface area (Å²) in [6.45, 7) is 10.1. The molecule has 0 aromatic heterocycles. The smallest absolute Gasteiger partial charge is 0.336 e. The average molecular weight is 713 g/mol. The van der Waals surface area contributed by atoms with Gasteiger partial charge in [-0.05, 0) is 90.3 Å². The fraction of sp³-hybridized carbons (Fsp3) is 0.455. The molecule has 0 aliphatic heterocycles. The third-order valence-corrected chi connectivity index (χ3v) is 10.0. The maximum absolute atomic E-state index is 12.3. The van der Waals surface area contributed by atoms with Crippen molar-refractivity contribution in [1.29, 1.82) is 0 Å². The molecule has 8 heteroatoms. The van der Waals surface area contributed by atoms with E-state index in [4.69, 9.17) is 24.1 Å². The lowest BCUT2D eigenvalue weighted by atomic mass is 9.77. The summed E-state index contributed by atoms with van der Waals surface area (Å²) in [5.74, 6) is 0.656. The topological polar surface area (TPSA) is 112 Å². The number of aliphatic hydroxyl groups excluding tert-OH is 2. The Bertz CT molecular complexity index is 1590. The molecule has 3 aromatic rings. The van der Waals surface area contributed by atoms with Crippen LogP contribution >= 0.6 is 0 Å². The number of hydrogen-bond donors (Lipinski definition) is 2. The quantitative estimate of drug-likeness (QED) is 0.0488. The normalized spacial score (nSPS) is 16.1. The van der Waals surface area contributed by atoms with Crippen molar-refractivity contribution in [2.24, 2.45) is 11.8 Å². The van der Waals surface area contributed by atoms with E-state index in [1.54, 1.807) is 13.0 Å². The molecular formula is C44H56O8. The minimum Gasteiger partial charge on any atom is -0.457 e. The maximum atomic E-state index is 12.3. The van der Waals surface area contributed by atoms with Crippen molar-refractivity contribution in [3.63, 3.8) is 0 Å². The van der Waals surface area contributed by atoms with E-state index in [-0.39, 0.29) is 44.4 Å². The number of benzene rings is 3. The van der Waals surface area contributed by atoms with E-state index >= 15 is 0 Å². The van der Waals surface area contributed by atoms with E-state index in [9.17, 15) is 14.7 Å². The lowest BCUT2D eigenvalue weighted by Crippen LogP contribution is -2.18. The molecule has 1 atom stereocenters. The largest absolute Gasteiger partial charge is 0.457 e. The second-order valence-corrected chi connectivity index (χ2v) is 13.9. The molecule has 0 amide bonds. The van der Waals surface area contributed by atoms with E-state index in [1.807, 2.05) is 12.1 Å². The van der Waals surface area contributed by atoms with Gasteiger partial charge in [-0.1, -0.05) is 101 Å². The molecule has 1 aliphatic carbocycles. The minimum absolute atomic E-state index is 0.113. The van der Waals surface area contributed by atoms with Crippen molar-refractivity contribution in [2.75, 3.05) is 26.8 Å². The second kappa shape index (κ2) is 21.2. The number of aryl methyl sites for hydroxylation is 2. The maximum Gasteiger partial charge on any atom is 0.336 e. The monoisotopic (exact) mass is 712 g/mol. The van der Waals surface area contributed by atoms with Gasteiger partial charge in [0.15, 0.2) is 0 Å². The first-order valence-electron chi connectivity index (χ1n) is 18.7. The van der Waals surface area contributed by atoms with Gasteiger partial charge in [0.05, 0.1) is 0 Å². The Morgan fingerprint density at radius 2 is 1.35 bits per heavy atom. The molecule has 0 bridgehead atoms. The van der Waals surface area contributed by atoms with E-state index in [1.165, 1.54) is 73.6 Å². The first kappa shape index (κ1) is 40.4. The van der Waals surface area contributed by atoms with Crippen LogP contribution in [0.25, 0.3) is 11.1 Å². The molecule has 2 N–H and O–H groups in total. The third-order valence-electron chi connectivity index (χ3n) is 10.0. The summed E-state index contributed by atoms with van der Waals surface area (Å²) in [6.07, 6.45) is 12.3. The summed E-state index contributed by atoms with van der Waals surface area (Å²) in [5, 5.41) is 18.3. The molecule has 0 spiro atoms. The Kier molecular flexibility index (Phi) is 16.5. The first-order valence-corrected chi connectivity index (χ1v) is 18.7. The Morgan fingerprint density at radius 3 is 1.92 bits per heavy atom. The number of hydrogen-bond acceptors (Lipinski definition) is 8. The molecule has 1 fully saturated rings. The predicted molar refractivity (Wildman–Crippen MR) is 204 cm³/mol. The van der Waals surface area contributed by atoms with Gasteiger partial charge in [-0.25, -0.2) is 9.59 Å². The van der Waals surface area contributed by atoms with Crippen LogP contribution < -0.4 is 9.47 Å². The summed E-state index contributed by atoms with van der Waals surface area (Å²) in [4.78, 5) is 24.3. The summed E-state index contributed by atoms with van der Waals surface area (Å²) in [6, 6.07) is 23.1. The molecule has 52 heavy (non-hydrogen) atoms. The van der Waals surface area contributed by atoms with Crippen LogP contribution in [0.3, 0.4) is 0 Å². The fourth-order valence-electron chi connectivity index (χ4n) is 6.55. The highest BCUT2D eigenvalue weighted by atomic mass is 16.7. The van der Waals surface area contributed by atoms with Crippen molar-refractivity contribution in [2.45, 2.75) is 90.4 Å². The Labute approximate surface area is 309 Å². The lowest BCUT2D eigenvalue weighted by molar-refractivity contribution is -0.146. The average Bonchev–Trinajstić information content (AvgIpc) is 3.17. The van der Waals surface area contributed by atoms with Crippen molar-refractivity contribution in [3.05, 3.63) is 108 Å². The van der Waals surface area contributed by atoms with E-state index in [0.717, 1.165) is 17.9 Å². The van der Waals surface area contributed by atoms with Crippen LogP contribution in [0.4, 0.5) is 0 Å². The standard InChI is InChI=1S/C44H56O8/c1-5-6-7-8-34-11-15-37(16-12-34)39-19-21-40(22-20-39)38-17-13-35(14-18-38)9-10-36-25-41(49-29-51-43(47)31(2)23-24-45)27-42(26-36)50-30-52-44(48)33(4)32(3)28-46/h13-14,17-22,25-27,32,34,37,45-46H,2,4-12,15-16,23-24,28-30H2,1,3H3. The number of ether oxygens (including phenoxy) is 4. The minimum atomic E-state index is -0.654. The number of esters is 2. The van der Waals surface area contributed by atoms with Gasteiger partial charge in [0.1, 0.15) is 11.5 Å². The van der Waals surface area contributed by atoms with E-state index in [2.05, 4.69) is 68.6 Å². The number of carbonyl (C=O) groups is 2. The van der Waals surface area contributed by atoms with Gasteiger partial charge in [0.2, 0.25) is 13.6 Å².